The van der Waals surface area contributed by atoms with Gasteiger partial charge in [-0.25, -0.2) is 0 Å². The van der Waals surface area contributed by atoms with Crippen LogP contribution in [0, 0.1) is 35.0 Å². The molecule has 0 aromatic carbocycles. The molecule has 0 saturated heterocycles. The van der Waals surface area contributed by atoms with Crippen LogP contribution in [0.3, 0.4) is 0 Å². The van der Waals surface area contributed by atoms with Gasteiger partial charge in [-0.2, -0.15) is 0 Å². The molecule has 166 valence electrons. The molecule has 6 atom stereocenters. The zero-order valence-electron chi connectivity index (χ0n) is 18.8. The highest BCUT2D eigenvalue weighted by Gasteiger charge is 2.51. The molecule has 2 fully saturated rings. The van der Waals surface area contributed by atoms with Gasteiger partial charge in [-0.15, -0.1) is 0 Å². The Morgan fingerprint density at radius 1 is 1.14 bits per heavy atom. The molecule has 0 aromatic rings. The first-order chi connectivity index (χ1) is 12.9. The van der Waals surface area contributed by atoms with Crippen LogP contribution in [-0.4, -0.2) is 46.6 Å². The maximum Gasteiger partial charge on any atom is 0.311 e. The Labute approximate surface area is 170 Å². The zero-order chi connectivity index (χ0) is 22.1. The van der Waals surface area contributed by atoms with Crippen molar-refractivity contribution >= 4 is 11.9 Å². The predicted molar refractivity (Wildman–Crippen MR) is 110 cm³/mol. The number of hydrogen-bond acceptors (Lipinski definition) is 5. The van der Waals surface area contributed by atoms with Gasteiger partial charge in [-0.05, 0) is 70.1 Å². The Morgan fingerprint density at radius 3 is 2.00 bits per heavy atom. The number of rotatable bonds is 6. The molecule has 6 unspecified atom stereocenters. The number of ether oxygens (including phenoxy) is 1. The monoisotopic (exact) mass is 402 g/mol. The first kappa shape index (κ1) is 26.9. The molecule has 2 aliphatic carbocycles. The van der Waals surface area contributed by atoms with E-state index in [0.29, 0.717) is 17.8 Å². The van der Waals surface area contributed by atoms with Crippen LogP contribution in [0.1, 0.15) is 74.1 Å². The molecular formula is C22H42O6. The highest BCUT2D eigenvalue weighted by atomic mass is 16.5. The standard InChI is InChI=1S/C10H16O2.C8H16O3.C4H10O/c1-5-6(2)8-3-7(5)4-9(8)10(11)12;1-4-8(2,3)7(10)11-6-5-9;1-3-4(2)5/h5-9H,3-4H2,1-2H3,(H,11,12);9H,4-6H2,1-3H3;4-5H,3H2,1-2H3. The fourth-order valence-corrected chi connectivity index (χ4v) is 3.70. The van der Waals surface area contributed by atoms with Crippen molar-refractivity contribution in [3.8, 4) is 0 Å². The molecule has 0 amide bonds. The molecule has 6 heteroatoms. The number of hydrogen-bond donors (Lipinski definition) is 3. The van der Waals surface area contributed by atoms with Crippen molar-refractivity contribution in [2.75, 3.05) is 13.2 Å². The summed E-state index contributed by atoms with van der Waals surface area (Å²) in [6.07, 6.45) is 3.59. The fraction of sp³-hybridized carbons (Fsp3) is 0.909. The largest absolute Gasteiger partial charge is 0.481 e. The summed E-state index contributed by atoms with van der Waals surface area (Å²) >= 11 is 0. The summed E-state index contributed by atoms with van der Waals surface area (Å²) in [6, 6.07) is 0. The second-order valence-electron chi connectivity index (χ2n) is 8.91. The molecule has 0 spiro atoms. The fourth-order valence-electron chi connectivity index (χ4n) is 3.70. The van der Waals surface area contributed by atoms with Crippen LogP contribution in [0.25, 0.3) is 0 Å². The number of carboxylic acids is 1. The summed E-state index contributed by atoms with van der Waals surface area (Å²) in [5.41, 5.74) is -0.421. The number of carbonyl (C=O) groups excluding carboxylic acids is 1. The lowest BCUT2D eigenvalue weighted by molar-refractivity contribution is -0.155. The second kappa shape index (κ2) is 12.4. The lowest BCUT2D eigenvalue weighted by Gasteiger charge is -2.29. The summed E-state index contributed by atoms with van der Waals surface area (Å²) in [6.45, 7) is 13.8. The van der Waals surface area contributed by atoms with Crippen LogP contribution < -0.4 is 0 Å². The van der Waals surface area contributed by atoms with E-state index in [2.05, 4.69) is 13.8 Å². The SMILES string of the molecule is CC1C2CC(C(=O)O)C(C2)C1C.CCC(C)(C)C(=O)OCCO.CCC(C)O. The maximum absolute atomic E-state index is 11.1. The number of carbonyl (C=O) groups is 2. The van der Waals surface area contributed by atoms with Gasteiger partial charge in [0.2, 0.25) is 0 Å². The van der Waals surface area contributed by atoms with Crippen molar-refractivity contribution in [3.63, 3.8) is 0 Å². The molecule has 0 heterocycles. The molecule has 0 aromatic heterocycles. The summed E-state index contributed by atoms with van der Waals surface area (Å²) in [5.74, 6) is 1.72. The normalized spacial score (nSPS) is 29.1. The lowest BCUT2D eigenvalue weighted by atomic mass is 9.76. The summed E-state index contributed by atoms with van der Waals surface area (Å²) in [5, 5.41) is 25.7. The van der Waals surface area contributed by atoms with Crippen molar-refractivity contribution in [2.45, 2.75) is 80.3 Å². The number of aliphatic hydroxyl groups excluding tert-OH is 2. The smallest absolute Gasteiger partial charge is 0.311 e. The van der Waals surface area contributed by atoms with Crippen molar-refractivity contribution in [3.05, 3.63) is 0 Å². The second-order valence-corrected chi connectivity index (χ2v) is 8.91. The van der Waals surface area contributed by atoms with Gasteiger partial charge in [0, 0.05) is 0 Å². The molecule has 3 N–H and O–H groups in total. The number of esters is 1. The first-order valence-electron chi connectivity index (χ1n) is 10.6. The van der Waals surface area contributed by atoms with E-state index in [4.69, 9.17) is 20.1 Å². The van der Waals surface area contributed by atoms with E-state index in [-0.39, 0.29) is 31.2 Å². The van der Waals surface area contributed by atoms with E-state index >= 15 is 0 Å². The van der Waals surface area contributed by atoms with Crippen LogP contribution in [-0.2, 0) is 14.3 Å². The minimum atomic E-state index is -0.568. The Bertz CT molecular complexity index is 472. The van der Waals surface area contributed by atoms with Crippen LogP contribution >= 0.6 is 0 Å². The van der Waals surface area contributed by atoms with Gasteiger partial charge in [-0.1, -0.05) is 27.7 Å². The average molecular weight is 403 g/mol. The van der Waals surface area contributed by atoms with Gasteiger partial charge in [0.15, 0.2) is 0 Å². The third kappa shape index (κ3) is 8.08. The number of aliphatic hydroxyl groups is 2. The molecule has 0 radical (unpaired) electrons. The van der Waals surface area contributed by atoms with Crippen LogP contribution in [0.15, 0.2) is 0 Å². The van der Waals surface area contributed by atoms with Crippen LogP contribution in [0.2, 0.25) is 0 Å². The lowest BCUT2D eigenvalue weighted by Crippen LogP contribution is -2.29. The molecule has 28 heavy (non-hydrogen) atoms. The Kier molecular flexibility index (Phi) is 11.9. The Hall–Kier alpha value is -1.14. The topological polar surface area (TPSA) is 104 Å². The van der Waals surface area contributed by atoms with Crippen LogP contribution in [0.4, 0.5) is 0 Å². The average Bonchev–Trinajstić information content (AvgIpc) is 3.21. The third-order valence-corrected chi connectivity index (χ3v) is 6.57. The molecular weight excluding hydrogens is 360 g/mol. The summed E-state index contributed by atoms with van der Waals surface area (Å²) in [7, 11) is 0. The third-order valence-electron chi connectivity index (χ3n) is 6.57. The quantitative estimate of drug-likeness (QED) is 0.585. The summed E-state index contributed by atoms with van der Waals surface area (Å²) in [4.78, 5) is 22.0. The van der Waals surface area contributed by atoms with Crippen molar-refractivity contribution in [2.24, 2.45) is 35.0 Å². The number of fused-ring (bicyclic) bond motifs is 2. The minimum absolute atomic E-state index is 0.0267. The van der Waals surface area contributed by atoms with Gasteiger partial charge < -0.3 is 20.1 Å². The van der Waals surface area contributed by atoms with Crippen molar-refractivity contribution in [1.82, 2.24) is 0 Å². The van der Waals surface area contributed by atoms with Gasteiger partial charge in [0.1, 0.15) is 6.61 Å². The molecule has 2 bridgehead atoms. The van der Waals surface area contributed by atoms with Gasteiger partial charge in [0.05, 0.1) is 24.0 Å². The predicted octanol–water partition coefficient (Wildman–Crippen LogP) is 3.73. The summed E-state index contributed by atoms with van der Waals surface area (Å²) < 4.78 is 4.76. The van der Waals surface area contributed by atoms with E-state index in [1.54, 1.807) is 6.92 Å². The minimum Gasteiger partial charge on any atom is -0.481 e. The highest BCUT2D eigenvalue weighted by molar-refractivity contribution is 5.75. The van der Waals surface area contributed by atoms with E-state index in [1.165, 1.54) is 6.42 Å². The van der Waals surface area contributed by atoms with Crippen molar-refractivity contribution in [1.29, 1.82) is 0 Å². The highest BCUT2D eigenvalue weighted by Crippen LogP contribution is 2.54. The first-order valence-corrected chi connectivity index (χ1v) is 10.6. The molecule has 2 rings (SSSR count). The number of carboxylic acid groups (broad SMARTS) is 1. The number of aliphatic carboxylic acids is 1. The molecule has 2 aliphatic rings. The van der Waals surface area contributed by atoms with Gasteiger partial charge in [-0.3, -0.25) is 9.59 Å². The zero-order valence-corrected chi connectivity index (χ0v) is 18.8. The van der Waals surface area contributed by atoms with Gasteiger partial charge in [0.25, 0.3) is 0 Å². The van der Waals surface area contributed by atoms with E-state index in [0.717, 1.165) is 25.2 Å². The van der Waals surface area contributed by atoms with E-state index in [1.807, 2.05) is 27.7 Å². The molecule has 2 saturated carbocycles. The molecule has 0 aliphatic heterocycles. The van der Waals surface area contributed by atoms with E-state index in [9.17, 15) is 9.59 Å². The Balaban J connectivity index is 0.000000425. The van der Waals surface area contributed by atoms with Gasteiger partial charge >= 0.3 is 11.9 Å². The molecule has 6 nitrogen and oxygen atoms in total. The van der Waals surface area contributed by atoms with Crippen LogP contribution in [0.5, 0.6) is 0 Å². The van der Waals surface area contributed by atoms with E-state index < -0.39 is 11.4 Å². The maximum atomic E-state index is 11.1. The van der Waals surface area contributed by atoms with Crippen molar-refractivity contribution < 1.29 is 29.6 Å². The Morgan fingerprint density at radius 2 is 1.68 bits per heavy atom.